The smallest absolute Gasteiger partial charge is 0.257 e. The number of aromatic nitrogens is 1. The fourth-order valence-electron chi connectivity index (χ4n) is 2.81. The lowest BCUT2D eigenvalue weighted by Gasteiger charge is -2.23. The second-order valence-electron chi connectivity index (χ2n) is 7.47. The number of anilines is 3. The van der Waals surface area contributed by atoms with Gasteiger partial charge < -0.3 is 10.6 Å². The molecule has 4 nitrogen and oxygen atoms in total. The average molecular weight is 381 g/mol. The number of hydrogen-bond donors (Lipinski definition) is 2. The Morgan fingerprint density at radius 1 is 0.929 bits per heavy atom. The van der Waals surface area contributed by atoms with Crippen LogP contribution in [0.5, 0.6) is 0 Å². The first-order valence-electron chi connectivity index (χ1n) is 8.82. The molecule has 0 aliphatic heterocycles. The number of nitrogens with one attached hydrogen (secondary N) is 2. The van der Waals surface area contributed by atoms with Crippen molar-refractivity contribution in [3.8, 4) is 0 Å². The molecule has 144 valence electrons. The highest BCUT2D eigenvalue weighted by molar-refractivity contribution is 6.05. The van der Waals surface area contributed by atoms with Crippen molar-refractivity contribution in [1.82, 2.24) is 4.98 Å². The number of amides is 1. The quantitative estimate of drug-likeness (QED) is 0.614. The minimum absolute atomic E-state index is 0.127. The summed E-state index contributed by atoms with van der Waals surface area (Å²) in [7, 11) is 0. The van der Waals surface area contributed by atoms with E-state index in [2.05, 4.69) is 36.4 Å². The van der Waals surface area contributed by atoms with Crippen LogP contribution >= 0.6 is 0 Å². The maximum atomic E-state index is 13.4. The molecule has 1 heterocycles. The number of pyridine rings is 1. The van der Waals surface area contributed by atoms with E-state index in [0.717, 1.165) is 23.4 Å². The minimum atomic E-state index is -0.953. The Bertz CT molecular complexity index is 1010. The summed E-state index contributed by atoms with van der Waals surface area (Å²) in [6.45, 7) is 6.23. The van der Waals surface area contributed by atoms with E-state index < -0.39 is 11.6 Å². The third-order valence-electron chi connectivity index (χ3n) is 4.19. The van der Waals surface area contributed by atoms with Crippen LogP contribution in [0.3, 0.4) is 0 Å². The summed E-state index contributed by atoms with van der Waals surface area (Å²) in [5, 5.41) is 5.84. The van der Waals surface area contributed by atoms with Crippen LogP contribution in [0, 0.1) is 11.6 Å². The van der Waals surface area contributed by atoms with Crippen LogP contribution in [-0.4, -0.2) is 10.9 Å². The van der Waals surface area contributed by atoms with E-state index in [9.17, 15) is 13.6 Å². The van der Waals surface area contributed by atoms with Gasteiger partial charge >= 0.3 is 0 Å². The van der Waals surface area contributed by atoms with Crippen molar-refractivity contribution in [2.45, 2.75) is 26.2 Å². The van der Waals surface area contributed by atoms with Gasteiger partial charge in [0.25, 0.3) is 5.91 Å². The van der Waals surface area contributed by atoms with Crippen LogP contribution in [0.1, 0.15) is 36.7 Å². The lowest BCUT2D eigenvalue weighted by atomic mass is 9.86. The van der Waals surface area contributed by atoms with Gasteiger partial charge in [0.2, 0.25) is 0 Å². The molecule has 6 heteroatoms. The van der Waals surface area contributed by atoms with Gasteiger partial charge in [-0.15, -0.1) is 0 Å². The Hall–Kier alpha value is -3.28. The normalized spacial score (nSPS) is 11.2. The van der Waals surface area contributed by atoms with Crippen molar-refractivity contribution in [2.75, 3.05) is 10.6 Å². The topological polar surface area (TPSA) is 54.0 Å². The Morgan fingerprint density at radius 2 is 1.68 bits per heavy atom. The zero-order valence-electron chi connectivity index (χ0n) is 15.9. The maximum absolute atomic E-state index is 13.4. The van der Waals surface area contributed by atoms with Crippen molar-refractivity contribution in [1.29, 1.82) is 0 Å². The first kappa shape index (κ1) is 19.5. The zero-order valence-corrected chi connectivity index (χ0v) is 15.9. The number of para-hydroxylation sites is 1. The van der Waals surface area contributed by atoms with E-state index in [1.165, 1.54) is 18.5 Å². The van der Waals surface area contributed by atoms with Crippen molar-refractivity contribution in [3.05, 3.63) is 83.7 Å². The van der Waals surface area contributed by atoms with Crippen molar-refractivity contribution in [2.24, 2.45) is 0 Å². The molecule has 0 spiro atoms. The number of carbonyl (C=O) groups excluding carboxylic acids is 1. The van der Waals surface area contributed by atoms with Crippen molar-refractivity contribution >= 4 is 23.0 Å². The molecule has 0 atom stereocenters. The number of hydrogen-bond acceptors (Lipinski definition) is 3. The Morgan fingerprint density at radius 3 is 2.39 bits per heavy atom. The molecule has 1 amide bonds. The largest absolute Gasteiger partial charge is 0.354 e. The van der Waals surface area contributed by atoms with Gasteiger partial charge in [0, 0.05) is 23.6 Å². The lowest BCUT2D eigenvalue weighted by molar-refractivity contribution is 0.102. The van der Waals surface area contributed by atoms with E-state index in [0.29, 0.717) is 16.9 Å². The number of rotatable bonds is 4. The van der Waals surface area contributed by atoms with Gasteiger partial charge in [0.05, 0.1) is 17.4 Å². The van der Waals surface area contributed by atoms with Crippen LogP contribution in [0.25, 0.3) is 0 Å². The highest BCUT2D eigenvalue weighted by Gasteiger charge is 2.19. The molecule has 0 radical (unpaired) electrons. The van der Waals surface area contributed by atoms with Crippen molar-refractivity contribution < 1.29 is 13.6 Å². The van der Waals surface area contributed by atoms with Crippen LogP contribution < -0.4 is 10.6 Å². The molecule has 2 N–H and O–H groups in total. The van der Waals surface area contributed by atoms with Gasteiger partial charge in [-0.1, -0.05) is 39.0 Å². The molecular formula is C22H21F2N3O. The van der Waals surface area contributed by atoms with Crippen LogP contribution in [-0.2, 0) is 5.41 Å². The summed E-state index contributed by atoms with van der Waals surface area (Å²) in [6, 6.07) is 12.7. The molecule has 0 aliphatic carbocycles. The molecule has 1 aromatic heterocycles. The minimum Gasteiger partial charge on any atom is -0.354 e. The fourth-order valence-corrected chi connectivity index (χ4v) is 2.81. The molecule has 3 rings (SSSR count). The number of carbonyl (C=O) groups is 1. The summed E-state index contributed by atoms with van der Waals surface area (Å²) >= 11 is 0. The second kappa shape index (κ2) is 7.76. The summed E-state index contributed by atoms with van der Waals surface area (Å²) in [6.07, 6.45) is 2.95. The lowest BCUT2D eigenvalue weighted by Crippen LogP contribution is -2.18. The van der Waals surface area contributed by atoms with E-state index in [1.54, 1.807) is 6.07 Å². The predicted molar refractivity (Wildman–Crippen MR) is 107 cm³/mol. The molecule has 0 aliphatic rings. The number of nitrogens with zero attached hydrogens (tertiary/aromatic N) is 1. The second-order valence-corrected chi connectivity index (χ2v) is 7.47. The fraction of sp³-hybridized carbons (Fsp3) is 0.182. The number of halogens is 2. The van der Waals surface area contributed by atoms with E-state index in [1.807, 2.05) is 24.3 Å². The van der Waals surface area contributed by atoms with E-state index in [4.69, 9.17) is 0 Å². The van der Waals surface area contributed by atoms with Gasteiger partial charge in [-0.25, -0.2) is 8.78 Å². The zero-order chi connectivity index (χ0) is 20.3. The van der Waals surface area contributed by atoms with Gasteiger partial charge in [-0.2, -0.15) is 0 Å². The molecular weight excluding hydrogens is 360 g/mol. The van der Waals surface area contributed by atoms with E-state index in [-0.39, 0.29) is 11.3 Å². The van der Waals surface area contributed by atoms with Crippen molar-refractivity contribution in [3.63, 3.8) is 0 Å². The Kier molecular flexibility index (Phi) is 5.40. The molecule has 3 aromatic rings. The maximum Gasteiger partial charge on any atom is 0.257 e. The third kappa shape index (κ3) is 4.52. The van der Waals surface area contributed by atoms with Gasteiger partial charge in [-0.05, 0) is 35.2 Å². The van der Waals surface area contributed by atoms with Crippen LogP contribution in [0.2, 0.25) is 0 Å². The molecule has 0 saturated heterocycles. The summed E-state index contributed by atoms with van der Waals surface area (Å²) < 4.78 is 26.4. The molecule has 0 fully saturated rings. The monoisotopic (exact) mass is 381 g/mol. The standard InChI is InChI=1S/C22H21F2N3O/c1-22(2,3)17-6-4-5-7-20(17)27-21(28)14-10-16(13-25-12-14)26-15-8-9-18(23)19(24)11-15/h4-13,26H,1-3H3,(H,27,28). The molecule has 2 aromatic carbocycles. The molecule has 28 heavy (non-hydrogen) atoms. The van der Waals surface area contributed by atoms with Crippen LogP contribution in [0.4, 0.5) is 25.8 Å². The molecule has 0 saturated carbocycles. The summed E-state index contributed by atoms with van der Waals surface area (Å²) in [4.78, 5) is 16.8. The highest BCUT2D eigenvalue weighted by Crippen LogP contribution is 2.29. The van der Waals surface area contributed by atoms with Gasteiger partial charge in [0.1, 0.15) is 0 Å². The SMILES string of the molecule is CC(C)(C)c1ccccc1NC(=O)c1cncc(Nc2ccc(F)c(F)c2)c1. The highest BCUT2D eigenvalue weighted by atomic mass is 19.2. The first-order valence-corrected chi connectivity index (χ1v) is 8.82. The molecule has 0 unspecified atom stereocenters. The molecule has 0 bridgehead atoms. The summed E-state index contributed by atoms with van der Waals surface area (Å²) in [5.74, 6) is -2.18. The Labute approximate surface area is 162 Å². The van der Waals surface area contributed by atoms with Crippen LogP contribution in [0.15, 0.2) is 60.9 Å². The predicted octanol–water partition coefficient (Wildman–Crippen LogP) is 5.65. The van der Waals surface area contributed by atoms with Gasteiger partial charge in [0.15, 0.2) is 11.6 Å². The average Bonchev–Trinajstić information content (AvgIpc) is 2.64. The van der Waals surface area contributed by atoms with Gasteiger partial charge in [-0.3, -0.25) is 9.78 Å². The third-order valence-corrected chi connectivity index (χ3v) is 4.19. The summed E-state index contributed by atoms with van der Waals surface area (Å²) in [5.41, 5.74) is 2.82. The Balaban J connectivity index is 1.80. The first-order chi connectivity index (χ1) is 13.2. The number of benzene rings is 2. The van der Waals surface area contributed by atoms with E-state index >= 15 is 0 Å².